The molecular formula is C23H22N4O2. The Bertz CT molecular complexity index is 1150. The summed E-state index contributed by atoms with van der Waals surface area (Å²) >= 11 is 0. The van der Waals surface area contributed by atoms with Gasteiger partial charge in [-0.1, -0.05) is 25.1 Å². The van der Waals surface area contributed by atoms with Gasteiger partial charge >= 0.3 is 0 Å². The minimum atomic E-state index is -0.201. The van der Waals surface area contributed by atoms with E-state index in [4.69, 9.17) is 4.74 Å². The molecule has 0 aliphatic rings. The summed E-state index contributed by atoms with van der Waals surface area (Å²) in [6.45, 7) is 4.59. The second kappa shape index (κ2) is 8.14. The number of aromatic nitrogens is 3. The van der Waals surface area contributed by atoms with E-state index >= 15 is 0 Å². The quantitative estimate of drug-likeness (QED) is 0.524. The van der Waals surface area contributed by atoms with Gasteiger partial charge in [-0.05, 0) is 67.4 Å². The summed E-state index contributed by atoms with van der Waals surface area (Å²) in [5.41, 5.74) is 4.85. The van der Waals surface area contributed by atoms with Crippen LogP contribution in [0, 0.1) is 0 Å². The highest BCUT2D eigenvalue weighted by molar-refractivity contribution is 6.05. The van der Waals surface area contributed by atoms with Crippen LogP contribution in [0.5, 0.6) is 5.75 Å². The Labute approximate surface area is 169 Å². The van der Waals surface area contributed by atoms with Gasteiger partial charge < -0.3 is 10.1 Å². The molecule has 6 nitrogen and oxygen atoms in total. The number of carbonyl (C=O) groups is 1. The molecule has 3 aromatic carbocycles. The minimum absolute atomic E-state index is 0.201. The summed E-state index contributed by atoms with van der Waals surface area (Å²) in [6, 6.07) is 20.8. The van der Waals surface area contributed by atoms with Gasteiger partial charge in [-0.3, -0.25) is 4.79 Å². The van der Waals surface area contributed by atoms with Gasteiger partial charge in [0, 0.05) is 11.3 Å². The van der Waals surface area contributed by atoms with E-state index in [1.165, 1.54) is 5.56 Å². The van der Waals surface area contributed by atoms with Crippen molar-refractivity contribution >= 4 is 22.6 Å². The third-order valence-electron chi connectivity index (χ3n) is 4.62. The lowest BCUT2D eigenvalue weighted by Crippen LogP contribution is -2.11. The highest BCUT2D eigenvalue weighted by Crippen LogP contribution is 2.20. The van der Waals surface area contributed by atoms with Crippen LogP contribution in [0.1, 0.15) is 29.8 Å². The molecule has 4 aromatic rings. The van der Waals surface area contributed by atoms with Gasteiger partial charge in [0.2, 0.25) is 0 Å². The zero-order valence-electron chi connectivity index (χ0n) is 16.4. The predicted molar refractivity (Wildman–Crippen MR) is 114 cm³/mol. The van der Waals surface area contributed by atoms with Crippen molar-refractivity contribution < 1.29 is 9.53 Å². The van der Waals surface area contributed by atoms with Crippen LogP contribution in [0.15, 0.2) is 66.7 Å². The maximum Gasteiger partial charge on any atom is 0.255 e. The van der Waals surface area contributed by atoms with E-state index < -0.39 is 0 Å². The zero-order chi connectivity index (χ0) is 20.2. The van der Waals surface area contributed by atoms with Gasteiger partial charge in [0.05, 0.1) is 12.3 Å². The summed E-state index contributed by atoms with van der Waals surface area (Å²) in [5.74, 6) is 0.473. The average Bonchev–Trinajstić information content (AvgIpc) is 3.17. The van der Waals surface area contributed by atoms with Gasteiger partial charge in [-0.25, -0.2) is 0 Å². The number of anilines is 1. The molecule has 1 amide bonds. The van der Waals surface area contributed by atoms with E-state index in [0.29, 0.717) is 29.1 Å². The lowest BCUT2D eigenvalue weighted by atomic mass is 10.2. The van der Waals surface area contributed by atoms with E-state index in [1.54, 1.807) is 23.0 Å². The summed E-state index contributed by atoms with van der Waals surface area (Å²) in [5, 5.41) is 12.0. The maximum atomic E-state index is 12.6. The fraction of sp³-hybridized carbons (Fsp3) is 0.174. The SMILES string of the molecule is CCOc1cccc(C(=O)Nc2ccc3nn(-c4ccc(CC)cc4)nc3c2)c1. The van der Waals surface area contributed by atoms with Crippen LogP contribution in [0.2, 0.25) is 0 Å². The molecule has 0 aliphatic heterocycles. The van der Waals surface area contributed by atoms with E-state index in [1.807, 2.05) is 43.3 Å². The van der Waals surface area contributed by atoms with Crippen LogP contribution in [0.4, 0.5) is 5.69 Å². The number of nitrogens with zero attached hydrogens (tertiary/aromatic N) is 3. The fourth-order valence-corrected chi connectivity index (χ4v) is 3.07. The number of ether oxygens (including phenoxy) is 1. The van der Waals surface area contributed by atoms with Crippen molar-refractivity contribution in [3.63, 3.8) is 0 Å². The van der Waals surface area contributed by atoms with Gasteiger partial charge in [0.1, 0.15) is 16.8 Å². The number of fused-ring (bicyclic) bond motifs is 1. The molecule has 1 N–H and O–H groups in total. The van der Waals surface area contributed by atoms with Gasteiger partial charge in [-0.15, -0.1) is 10.2 Å². The monoisotopic (exact) mass is 386 g/mol. The van der Waals surface area contributed by atoms with E-state index in [-0.39, 0.29) is 5.91 Å². The van der Waals surface area contributed by atoms with Crippen LogP contribution in [0.25, 0.3) is 16.7 Å². The van der Waals surface area contributed by atoms with Crippen LogP contribution < -0.4 is 10.1 Å². The van der Waals surface area contributed by atoms with Crippen molar-refractivity contribution in [2.75, 3.05) is 11.9 Å². The average molecular weight is 386 g/mol. The molecule has 6 heteroatoms. The number of hydrogen-bond acceptors (Lipinski definition) is 4. The number of aryl methyl sites for hydroxylation is 1. The number of hydrogen-bond donors (Lipinski definition) is 1. The van der Waals surface area contributed by atoms with Gasteiger partial charge in [0.25, 0.3) is 5.91 Å². The number of amides is 1. The molecule has 1 aromatic heterocycles. The summed E-state index contributed by atoms with van der Waals surface area (Å²) in [7, 11) is 0. The van der Waals surface area contributed by atoms with Crippen molar-refractivity contribution in [3.05, 3.63) is 77.9 Å². The Kier molecular flexibility index (Phi) is 5.24. The molecule has 0 spiro atoms. The van der Waals surface area contributed by atoms with Crippen molar-refractivity contribution in [2.24, 2.45) is 0 Å². The molecule has 0 fully saturated rings. The first-order valence-electron chi connectivity index (χ1n) is 9.67. The van der Waals surface area contributed by atoms with Crippen molar-refractivity contribution in [3.8, 4) is 11.4 Å². The molecule has 0 saturated carbocycles. The molecule has 0 atom stereocenters. The van der Waals surface area contributed by atoms with Crippen molar-refractivity contribution in [2.45, 2.75) is 20.3 Å². The smallest absolute Gasteiger partial charge is 0.255 e. The van der Waals surface area contributed by atoms with Crippen molar-refractivity contribution in [1.82, 2.24) is 15.0 Å². The van der Waals surface area contributed by atoms with Crippen LogP contribution in [-0.4, -0.2) is 27.5 Å². The van der Waals surface area contributed by atoms with Gasteiger partial charge in [0.15, 0.2) is 0 Å². The molecule has 0 bridgehead atoms. The summed E-state index contributed by atoms with van der Waals surface area (Å²) in [6.07, 6.45) is 0.991. The Morgan fingerprint density at radius 2 is 1.76 bits per heavy atom. The second-order valence-electron chi connectivity index (χ2n) is 6.63. The highest BCUT2D eigenvalue weighted by atomic mass is 16.5. The lowest BCUT2D eigenvalue weighted by Gasteiger charge is -2.07. The molecule has 0 radical (unpaired) electrons. The largest absolute Gasteiger partial charge is 0.494 e. The van der Waals surface area contributed by atoms with E-state index in [2.05, 4.69) is 34.6 Å². The summed E-state index contributed by atoms with van der Waals surface area (Å²) in [4.78, 5) is 14.2. The maximum absolute atomic E-state index is 12.6. The summed E-state index contributed by atoms with van der Waals surface area (Å²) < 4.78 is 5.46. The first-order chi connectivity index (χ1) is 14.2. The third-order valence-corrected chi connectivity index (χ3v) is 4.62. The van der Waals surface area contributed by atoms with Crippen LogP contribution >= 0.6 is 0 Å². The topological polar surface area (TPSA) is 69.0 Å². The van der Waals surface area contributed by atoms with Crippen LogP contribution in [-0.2, 0) is 6.42 Å². The predicted octanol–water partition coefficient (Wildman–Crippen LogP) is 4.63. The van der Waals surface area contributed by atoms with Crippen molar-refractivity contribution in [1.29, 1.82) is 0 Å². The Hall–Kier alpha value is -3.67. The molecular weight excluding hydrogens is 364 g/mol. The minimum Gasteiger partial charge on any atom is -0.494 e. The number of benzene rings is 3. The molecule has 1 heterocycles. The number of rotatable bonds is 6. The van der Waals surface area contributed by atoms with E-state index in [9.17, 15) is 4.79 Å². The number of carbonyl (C=O) groups excluding carboxylic acids is 1. The first kappa shape index (κ1) is 18.7. The van der Waals surface area contributed by atoms with Crippen LogP contribution in [0.3, 0.4) is 0 Å². The molecule has 29 heavy (non-hydrogen) atoms. The lowest BCUT2D eigenvalue weighted by molar-refractivity contribution is 0.102. The highest BCUT2D eigenvalue weighted by Gasteiger charge is 2.10. The van der Waals surface area contributed by atoms with Gasteiger partial charge in [-0.2, -0.15) is 4.80 Å². The Balaban J connectivity index is 1.55. The Morgan fingerprint density at radius 3 is 2.52 bits per heavy atom. The molecule has 0 aliphatic carbocycles. The fourth-order valence-electron chi connectivity index (χ4n) is 3.07. The molecule has 4 rings (SSSR count). The second-order valence-corrected chi connectivity index (χ2v) is 6.63. The third kappa shape index (κ3) is 4.11. The molecule has 146 valence electrons. The first-order valence-corrected chi connectivity index (χ1v) is 9.67. The Morgan fingerprint density at radius 1 is 0.966 bits per heavy atom. The molecule has 0 unspecified atom stereocenters. The normalized spacial score (nSPS) is 10.8. The zero-order valence-corrected chi connectivity index (χ0v) is 16.4. The molecule has 0 saturated heterocycles. The van der Waals surface area contributed by atoms with E-state index in [0.717, 1.165) is 17.6 Å². The number of nitrogens with one attached hydrogen (secondary N) is 1. The standard InChI is InChI=1S/C23H22N4O2/c1-3-16-8-11-19(12-9-16)27-25-21-13-10-18(15-22(21)26-27)24-23(28)17-6-5-7-20(14-17)29-4-2/h5-15H,3-4H2,1-2H3,(H,24,28).